The zero-order valence-corrected chi connectivity index (χ0v) is 29.3. The highest BCUT2D eigenvalue weighted by molar-refractivity contribution is 5.81. The fraction of sp³-hybridized carbons (Fsp3) is 0.583. The molecule has 0 saturated carbocycles. The van der Waals surface area contributed by atoms with Crippen molar-refractivity contribution >= 4 is 18.8 Å². The standard InChI is InChI=1S/C34H55N7O2.C2H6/c1-8-33(27(6)32(18-25(3)4)34(9-2)43-17-15-37-24-42)41-16-12-30(26(5)23-41)21-39-28(7)40-31(19-35)22-38-20-29-10-13-36-14-11-29;1-2/h8-9,19,21-22,24-25,29,36,40H,7,10-18,20,23,35H2,1-6H3,(H,37,42);1-2H3/b31-19+,32-27-,33-8+,34-9+,38-22?,39-21-;. The normalized spacial score (nSPS) is 17.8. The summed E-state index contributed by atoms with van der Waals surface area (Å²) in [6.45, 7) is 26.5. The number of carbonyl (C=O) groups excluding carboxylic acids is 1. The van der Waals surface area contributed by atoms with Gasteiger partial charge in [-0.3, -0.25) is 9.79 Å². The molecule has 1 amide bonds. The number of carbonyl (C=O) groups is 1. The summed E-state index contributed by atoms with van der Waals surface area (Å²) < 4.78 is 6.11. The number of hydrogen-bond acceptors (Lipinski definition) is 8. The van der Waals surface area contributed by atoms with Crippen LogP contribution in [-0.4, -0.2) is 69.6 Å². The minimum atomic E-state index is 0.431. The number of amides is 1. The van der Waals surface area contributed by atoms with Crippen molar-refractivity contribution < 1.29 is 9.53 Å². The van der Waals surface area contributed by atoms with Crippen molar-refractivity contribution in [2.45, 2.75) is 81.1 Å². The molecule has 2 rings (SSSR count). The van der Waals surface area contributed by atoms with Crippen LogP contribution in [0, 0.1) is 11.8 Å². The molecule has 1 fully saturated rings. The van der Waals surface area contributed by atoms with Crippen LogP contribution in [0.3, 0.4) is 0 Å². The molecule has 2 aliphatic rings. The summed E-state index contributed by atoms with van der Waals surface area (Å²) in [6, 6.07) is 0. The van der Waals surface area contributed by atoms with Crippen LogP contribution in [0.1, 0.15) is 81.1 Å². The van der Waals surface area contributed by atoms with Crippen molar-refractivity contribution in [3.05, 3.63) is 70.2 Å². The van der Waals surface area contributed by atoms with E-state index >= 15 is 0 Å². The van der Waals surface area contributed by atoms with Gasteiger partial charge >= 0.3 is 0 Å². The van der Waals surface area contributed by atoms with E-state index < -0.39 is 0 Å². The summed E-state index contributed by atoms with van der Waals surface area (Å²) in [5, 5.41) is 9.23. The number of ether oxygens (including phenoxy) is 1. The van der Waals surface area contributed by atoms with Gasteiger partial charge in [-0.25, -0.2) is 4.99 Å². The van der Waals surface area contributed by atoms with E-state index in [-0.39, 0.29) is 0 Å². The molecule has 0 bridgehead atoms. The molecule has 0 aromatic heterocycles. The number of nitrogens with zero attached hydrogens (tertiary/aromatic N) is 3. The fourth-order valence-corrected chi connectivity index (χ4v) is 5.41. The first-order valence-electron chi connectivity index (χ1n) is 16.6. The number of allylic oxidation sites excluding steroid dienone is 5. The van der Waals surface area contributed by atoms with Gasteiger partial charge in [0.05, 0.1) is 12.2 Å². The Morgan fingerprint density at radius 3 is 2.51 bits per heavy atom. The van der Waals surface area contributed by atoms with Crippen LogP contribution in [0.4, 0.5) is 0 Å². The molecule has 0 spiro atoms. The molecule has 45 heavy (non-hydrogen) atoms. The van der Waals surface area contributed by atoms with Gasteiger partial charge in [-0.05, 0) is 107 Å². The highest BCUT2D eigenvalue weighted by Crippen LogP contribution is 2.31. The third-order valence-corrected chi connectivity index (χ3v) is 7.73. The fourth-order valence-electron chi connectivity index (χ4n) is 5.41. The number of piperidine rings is 1. The lowest BCUT2D eigenvalue weighted by Gasteiger charge is -2.34. The Bertz CT molecular complexity index is 1140. The average molecular weight is 624 g/mol. The molecular formula is C36H61N7O2. The Balaban J connectivity index is 0.00000496. The van der Waals surface area contributed by atoms with Crippen LogP contribution < -0.4 is 21.7 Å². The molecule has 1 saturated heterocycles. The van der Waals surface area contributed by atoms with Gasteiger partial charge in [0, 0.05) is 44.0 Å². The maximum atomic E-state index is 10.6. The summed E-state index contributed by atoms with van der Waals surface area (Å²) in [6.07, 6.45) is 14.2. The molecule has 0 aromatic carbocycles. The SMILES string of the molecule is C=C(/N=C\C1=C(C)CN(C(=C/C)/C(C)=C(CC(C)C)\C(=C/C)OCCNC=O)CC1)N/C(C=NCC1CCNCC1)=C/N.CC. The molecule has 0 radical (unpaired) electrons. The second-order valence-corrected chi connectivity index (χ2v) is 11.6. The van der Waals surface area contributed by atoms with Crippen molar-refractivity contribution in [3.63, 3.8) is 0 Å². The number of nitrogens with one attached hydrogen (secondary N) is 3. The Labute approximate surface area is 273 Å². The first-order valence-corrected chi connectivity index (χ1v) is 16.6. The number of rotatable bonds is 17. The number of nitrogens with two attached hydrogens (primary N) is 1. The number of aliphatic imine (C=N–C) groups is 2. The Hall–Kier alpha value is -3.59. The van der Waals surface area contributed by atoms with Crippen LogP contribution in [0.25, 0.3) is 0 Å². The average Bonchev–Trinajstić information content (AvgIpc) is 3.04. The van der Waals surface area contributed by atoms with Crippen LogP contribution >= 0.6 is 0 Å². The summed E-state index contributed by atoms with van der Waals surface area (Å²) in [5.41, 5.74) is 12.7. The van der Waals surface area contributed by atoms with Crippen LogP contribution in [0.2, 0.25) is 0 Å². The molecule has 0 aliphatic carbocycles. The molecule has 0 aromatic rings. The first kappa shape index (κ1) is 39.4. The second kappa shape index (κ2) is 22.8. The van der Waals surface area contributed by atoms with Gasteiger partial charge in [-0.15, -0.1) is 0 Å². The molecule has 0 unspecified atom stereocenters. The second-order valence-electron chi connectivity index (χ2n) is 11.6. The molecule has 9 heteroatoms. The van der Waals surface area contributed by atoms with Crippen LogP contribution in [0.5, 0.6) is 0 Å². The van der Waals surface area contributed by atoms with Gasteiger partial charge in [0.2, 0.25) is 6.41 Å². The molecule has 2 heterocycles. The smallest absolute Gasteiger partial charge is 0.207 e. The van der Waals surface area contributed by atoms with Crippen molar-refractivity contribution in [2.24, 2.45) is 27.6 Å². The van der Waals surface area contributed by atoms with E-state index in [1.54, 1.807) is 6.21 Å². The Morgan fingerprint density at radius 1 is 1.22 bits per heavy atom. The lowest BCUT2D eigenvalue weighted by atomic mass is 9.93. The topological polar surface area (TPSA) is 116 Å². The lowest BCUT2D eigenvalue weighted by molar-refractivity contribution is -0.109. The van der Waals surface area contributed by atoms with Crippen LogP contribution in [-0.2, 0) is 9.53 Å². The molecule has 9 nitrogen and oxygen atoms in total. The zero-order chi connectivity index (χ0) is 33.6. The molecule has 5 N–H and O–H groups in total. The summed E-state index contributed by atoms with van der Waals surface area (Å²) in [5.74, 6) is 2.50. The highest BCUT2D eigenvalue weighted by atomic mass is 16.5. The maximum Gasteiger partial charge on any atom is 0.207 e. The Kier molecular flexibility index (Phi) is 20.0. The lowest BCUT2D eigenvalue weighted by Crippen LogP contribution is -2.32. The summed E-state index contributed by atoms with van der Waals surface area (Å²) in [7, 11) is 0. The monoisotopic (exact) mass is 623 g/mol. The minimum absolute atomic E-state index is 0.431. The van der Waals surface area contributed by atoms with E-state index in [0.29, 0.717) is 42.9 Å². The van der Waals surface area contributed by atoms with E-state index in [1.807, 2.05) is 33.1 Å². The van der Waals surface area contributed by atoms with Gasteiger partial charge < -0.3 is 31.3 Å². The summed E-state index contributed by atoms with van der Waals surface area (Å²) in [4.78, 5) is 22.3. The molecule has 2 aliphatic heterocycles. The van der Waals surface area contributed by atoms with E-state index in [0.717, 1.165) is 64.2 Å². The zero-order valence-electron chi connectivity index (χ0n) is 29.3. The van der Waals surface area contributed by atoms with Crippen molar-refractivity contribution in [1.82, 2.24) is 20.9 Å². The van der Waals surface area contributed by atoms with Crippen LogP contribution in [0.15, 0.2) is 80.2 Å². The van der Waals surface area contributed by atoms with E-state index in [4.69, 9.17) is 10.5 Å². The molecular weight excluding hydrogens is 562 g/mol. The predicted molar refractivity (Wildman–Crippen MR) is 192 cm³/mol. The van der Waals surface area contributed by atoms with E-state index in [2.05, 4.69) is 78.1 Å². The Morgan fingerprint density at radius 2 is 1.93 bits per heavy atom. The minimum Gasteiger partial charge on any atom is -0.492 e. The molecule has 0 atom stereocenters. The van der Waals surface area contributed by atoms with Gasteiger partial charge in [0.15, 0.2) is 0 Å². The van der Waals surface area contributed by atoms with E-state index in [1.165, 1.54) is 34.2 Å². The van der Waals surface area contributed by atoms with E-state index in [9.17, 15) is 4.79 Å². The first-order chi connectivity index (χ1) is 21.7. The summed E-state index contributed by atoms with van der Waals surface area (Å²) >= 11 is 0. The predicted octanol–water partition coefficient (Wildman–Crippen LogP) is 5.97. The largest absolute Gasteiger partial charge is 0.492 e. The number of hydrogen-bond donors (Lipinski definition) is 4. The third kappa shape index (κ3) is 14.4. The third-order valence-electron chi connectivity index (χ3n) is 7.73. The van der Waals surface area contributed by atoms with Crippen molar-refractivity contribution in [1.29, 1.82) is 0 Å². The quantitative estimate of drug-likeness (QED) is 0.0522. The van der Waals surface area contributed by atoms with Gasteiger partial charge in [0.25, 0.3) is 0 Å². The molecule has 252 valence electrons. The van der Waals surface area contributed by atoms with Crippen molar-refractivity contribution in [3.8, 4) is 0 Å². The van der Waals surface area contributed by atoms with Gasteiger partial charge in [0.1, 0.15) is 18.2 Å². The van der Waals surface area contributed by atoms with Gasteiger partial charge in [-0.1, -0.05) is 40.3 Å². The highest BCUT2D eigenvalue weighted by Gasteiger charge is 2.22. The van der Waals surface area contributed by atoms with Gasteiger partial charge in [-0.2, -0.15) is 0 Å². The maximum absolute atomic E-state index is 10.6. The van der Waals surface area contributed by atoms with Crippen molar-refractivity contribution in [2.75, 3.05) is 45.9 Å².